The molecule has 4 heteroatoms. The molecule has 0 fully saturated rings. The highest BCUT2D eigenvalue weighted by Crippen LogP contribution is 2.18. The lowest BCUT2D eigenvalue weighted by Crippen LogP contribution is -2.18. The van der Waals surface area contributed by atoms with Gasteiger partial charge in [-0.25, -0.2) is 4.98 Å². The quantitative estimate of drug-likeness (QED) is 0.925. The first-order chi connectivity index (χ1) is 9.60. The first-order valence-electron chi connectivity index (χ1n) is 6.44. The number of benzene rings is 1. The molecule has 2 rings (SSSR count). The highest BCUT2D eigenvalue weighted by atomic mass is 16.3. The summed E-state index contributed by atoms with van der Waals surface area (Å²) in [4.78, 5) is 6.30. The highest BCUT2D eigenvalue weighted by molar-refractivity contribution is 5.42. The van der Waals surface area contributed by atoms with E-state index in [2.05, 4.69) is 11.1 Å². The molecule has 0 saturated carbocycles. The van der Waals surface area contributed by atoms with E-state index in [1.807, 2.05) is 36.2 Å². The Labute approximate surface area is 118 Å². The van der Waals surface area contributed by atoms with Crippen LogP contribution in [0, 0.1) is 11.3 Å². The number of nitriles is 1. The average Bonchev–Trinajstić information content (AvgIpc) is 2.47. The minimum atomic E-state index is -0.507. The summed E-state index contributed by atoms with van der Waals surface area (Å²) in [5.41, 5.74) is 2.55. The van der Waals surface area contributed by atoms with E-state index in [9.17, 15) is 5.11 Å². The van der Waals surface area contributed by atoms with Crippen LogP contribution in [-0.2, 0) is 6.54 Å². The normalized spacial score (nSPS) is 11.7. The summed E-state index contributed by atoms with van der Waals surface area (Å²) >= 11 is 0. The Balaban J connectivity index is 2.17. The summed E-state index contributed by atoms with van der Waals surface area (Å²) in [6.45, 7) is 2.39. The summed E-state index contributed by atoms with van der Waals surface area (Å²) in [5, 5.41) is 18.5. The van der Waals surface area contributed by atoms with Crippen molar-refractivity contribution in [3.63, 3.8) is 0 Å². The third-order valence-electron chi connectivity index (χ3n) is 3.12. The van der Waals surface area contributed by atoms with E-state index >= 15 is 0 Å². The van der Waals surface area contributed by atoms with Crippen molar-refractivity contribution in [2.45, 2.75) is 19.6 Å². The molecule has 2 aromatic rings. The van der Waals surface area contributed by atoms with Gasteiger partial charge in [-0.15, -0.1) is 0 Å². The van der Waals surface area contributed by atoms with Gasteiger partial charge in [0.2, 0.25) is 0 Å². The van der Waals surface area contributed by atoms with Gasteiger partial charge in [0.15, 0.2) is 0 Å². The van der Waals surface area contributed by atoms with E-state index in [-0.39, 0.29) is 0 Å². The third kappa shape index (κ3) is 3.34. The number of hydrogen-bond donors (Lipinski definition) is 1. The van der Waals surface area contributed by atoms with Crippen LogP contribution in [0.1, 0.15) is 29.7 Å². The summed E-state index contributed by atoms with van der Waals surface area (Å²) in [6, 6.07) is 13.3. The van der Waals surface area contributed by atoms with Gasteiger partial charge in [-0.05, 0) is 42.3 Å². The van der Waals surface area contributed by atoms with Gasteiger partial charge in [-0.3, -0.25) is 0 Å². The molecule has 4 nitrogen and oxygen atoms in total. The van der Waals surface area contributed by atoms with Crippen molar-refractivity contribution in [3.8, 4) is 6.07 Å². The molecule has 0 unspecified atom stereocenters. The van der Waals surface area contributed by atoms with Gasteiger partial charge >= 0.3 is 0 Å². The second-order valence-corrected chi connectivity index (χ2v) is 4.79. The van der Waals surface area contributed by atoms with Crippen molar-refractivity contribution in [1.29, 1.82) is 5.26 Å². The van der Waals surface area contributed by atoms with Gasteiger partial charge in [0.25, 0.3) is 0 Å². The van der Waals surface area contributed by atoms with Gasteiger partial charge in [0.05, 0.1) is 17.7 Å². The van der Waals surface area contributed by atoms with E-state index in [0.717, 1.165) is 16.9 Å². The van der Waals surface area contributed by atoms with Crippen molar-refractivity contribution >= 4 is 5.82 Å². The largest absolute Gasteiger partial charge is 0.389 e. The highest BCUT2D eigenvalue weighted by Gasteiger charge is 2.07. The van der Waals surface area contributed by atoms with Crippen molar-refractivity contribution in [2.75, 3.05) is 11.9 Å². The van der Waals surface area contributed by atoms with E-state index in [1.54, 1.807) is 25.3 Å². The molecule has 0 amide bonds. The SMILES string of the molecule is C[C@H](O)c1ccnc(N(C)Cc2cccc(C#N)c2)c1. The number of pyridine rings is 1. The molecule has 1 aromatic heterocycles. The zero-order chi connectivity index (χ0) is 14.5. The molecule has 0 aliphatic heterocycles. The van der Waals surface area contributed by atoms with Crippen LogP contribution in [0.3, 0.4) is 0 Å². The van der Waals surface area contributed by atoms with Gasteiger partial charge in [-0.1, -0.05) is 12.1 Å². The van der Waals surface area contributed by atoms with Crippen LogP contribution in [0.25, 0.3) is 0 Å². The van der Waals surface area contributed by atoms with Crippen LogP contribution >= 0.6 is 0 Å². The molecule has 1 aromatic carbocycles. The van der Waals surface area contributed by atoms with Crippen molar-refractivity contribution < 1.29 is 5.11 Å². The fraction of sp³-hybridized carbons (Fsp3) is 0.250. The smallest absolute Gasteiger partial charge is 0.128 e. The molecular weight excluding hydrogens is 250 g/mol. The number of hydrogen-bond acceptors (Lipinski definition) is 4. The second-order valence-electron chi connectivity index (χ2n) is 4.79. The lowest BCUT2D eigenvalue weighted by Gasteiger charge is -2.19. The predicted octanol–water partition coefficient (Wildman–Crippen LogP) is 2.64. The number of anilines is 1. The number of aromatic nitrogens is 1. The lowest BCUT2D eigenvalue weighted by atomic mass is 10.1. The maximum absolute atomic E-state index is 9.61. The molecule has 1 N–H and O–H groups in total. The first-order valence-corrected chi connectivity index (χ1v) is 6.44. The van der Waals surface area contributed by atoms with Crippen LogP contribution in [0.4, 0.5) is 5.82 Å². The summed E-state index contributed by atoms with van der Waals surface area (Å²) in [6.07, 6.45) is 1.19. The molecule has 1 heterocycles. The van der Waals surface area contributed by atoms with Gasteiger partial charge < -0.3 is 10.0 Å². The number of aliphatic hydroxyl groups excluding tert-OH is 1. The first kappa shape index (κ1) is 14.0. The van der Waals surface area contributed by atoms with E-state index in [1.165, 1.54) is 0 Å². The lowest BCUT2D eigenvalue weighted by molar-refractivity contribution is 0.199. The zero-order valence-corrected chi connectivity index (χ0v) is 11.6. The molecule has 0 saturated heterocycles. The Morgan fingerprint density at radius 1 is 1.35 bits per heavy atom. The van der Waals surface area contributed by atoms with Crippen LogP contribution < -0.4 is 4.90 Å². The fourth-order valence-corrected chi connectivity index (χ4v) is 2.00. The van der Waals surface area contributed by atoms with Gasteiger partial charge in [0.1, 0.15) is 5.82 Å². The van der Waals surface area contributed by atoms with Crippen LogP contribution in [0.15, 0.2) is 42.6 Å². The molecule has 0 spiro atoms. The Morgan fingerprint density at radius 3 is 2.85 bits per heavy atom. The summed E-state index contributed by atoms with van der Waals surface area (Å²) in [5.74, 6) is 0.797. The standard InChI is InChI=1S/C16H17N3O/c1-12(20)15-6-7-18-16(9-15)19(2)11-14-5-3-4-13(8-14)10-17/h3-9,12,20H,11H2,1-2H3/t12-/m0/s1. The Morgan fingerprint density at radius 2 is 2.15 bits per heavy atom. The van der Waals surface area contributed by atoms with Crippen LogP contribution in [-0.4, -0.2) is 17.1 Å². The van der Waals surface area contributed by atoms with Crippen LogP contribution in [0.2, 0.25) is 0 Å². The molecule has 102 valence electrons. The van der Waals surface area contributed by atoms with Crippen molar-refractivity contribution in [3.05, 3.63) is 59.3 Å². The van der Waals surface area contributed by atoms with Gasteiger partial charge in [-0.2, -0.15) is 5.26 Å². The summed E-state index contributed by atoms with van der Waals surface area (Å²) < 4.78 is 0. The van der Waals surface area contributed by atoms with E-state index in [0.29, 0.717) is 12.1 Å². The molecule has 0 aliphatic carbocycles. The fourth-order valence-electron chi connectivity index (χ4n) is 2.00. The topological polar surface area (TPSA) is 60.2 Å². The number of rotatable bonds is 4. The maximum atomic E-state index is 9.61. The van der Waals surface area contributed by atoms with E-state index < -0.39 is 6.10 Å². The van der Waals surface area contributed by atoms with Crippen molar-refractivity contribution in [1.82, 2.24) is 4.98 Å². The minimum Gasteiger partial charge on any atom is -0.389 e. The Kier molecular flexibility index (Phi) is 4.34. The molecular formula is C16H17N3O. The monoisotopic (exact) mass is 267 g/mol. The minimum absolute atomic E-state index is 0.507. The maximum Gasteiger partial charge on any atom is 0.128 e. The van der Waals surface area contributed by atoms with Crippen LogP contribution in [0.5, 0.6) is 0 Å². The second kappa shape index (κ2) is 6.18. The Hall–Kier alpha value is -2.38. The molecule has 0 radical (unpaired) electrons. The number of nitrogens with zero attached hydrogens (tertiary/aromatic N) is 3. The molecule has 1 atom stereocenters. The Bertz CT molecular complexity index is 632. The zero-order valence-electron chi connectivity index (χ0n) is 11.6. The summed E-state index contributed by atoms with van der Waals surface area (Å²) in [7, 11) is 1.94. The predicted molar refractivity (Wildman–Crippen MR) is 78.1 cm³/mol. The third-order valence-corrected chi connectivity index (χ3v) is 3.12. The van der Waals surface area contributed by atoms with E-state index in [4.69, 9.17) is 5.26 Å². The molecule has 20 heavy (non-hydrogen) atoms. The number of aliphatic hydroxyl groups is 1. The van der Waals surface area contributed by atoms with Crippen molar-refractivity contribution in [2.24, 2.45) is 0 Å². The molecule has 0 bridgehead atoms. The molecule has 0 aliphatic rings. The van der Waals surface area contributed by atoms with Gasteiger partial charge in [0, 0.05) is 19.8 Å². The average molecular weight is 267 g/mol.